The molecule has 2 aromatic rings. The lowest BCUT2D eigenvalue weighted by Gasteiger charge is -2.02. The molecular formula is C16H20N2O3. The van der Waals surface area contributed by atoms with Crippen LogP contribution in [0.2, 0.25) is 0 Å². The molecule has 3 rings (SSSR count). The number of methoxy groups -OCH3 is 1. The third-order valence-electron chi connectivity index (χ3n) is 3.65. The Bertz CT molecular complexity index is 631. The van der Waals surface area contributed by atoms with Gasteiger partial charge in [-0.15, -0.1) is 0 Å². The standard InChI is InChI=1S/C16H20N2O3/c1-20-7-2-8-21-16(19)9-14-11-18-10-13(12-3-4-12)5-6-15(18)17-14/h5-6,10-12H,2-4,7-9H2,1H3. The number of pyridine rings is 1. The summed E-state index contributed by atoms with van der Waals surface area (Å²) >= 11 is 0. The Kier molecular flexibility index (Phi) is 4.20. The highest BCUT2D eigenvalue weighted by molar-refractivity contribution is 5.72. The molecule has 0 radical (unpaired) electrons. The van der Waals surface area contributed by atoms with E-state index in [1.165, 1.54) is 18.4 Å². The smallest absolute Gasteiger partial charge is 0.311 e. The van der Waals surface area contributed by atoms with Crippen LogP contribution >= 0.6 is 0 Å². The number of esters is 1. The van der Waals surface area contributed by atoms with E-state index in [4.69, 9.17) is 9.47 Å². The first-order chi connectivity index (χ1) is 10.3. The van der Waals surface area contributed by atoms with Crippen molar-refractivity contribution < 1.29 is 14.3 Å². The molecule has 0 bridgehead atoms. The number of ether oxygens (including phenoxy) is 2. The predicted molar refractivity (Wildman–Crippen MR) is 78.3 cm³/mol. The molecule has 0 saturated heterocycles. The van der Waals surface area contributed by atoms with Crippen molar-refractivity contribution in [1.82, 2.24) is 9.38 Å². The predicted octanol–water partition coefficient (Wildman–Crippen LogP) is 2.33. The monoisotopic (exact) mass is 288 g/mol. The summed E-state index contributed by atoms with van der Waals surface area (Å²) in [6, 6.07) is 4.15. The van der Waals surface area contributed by atoms with E-state index in [-0.39, 0.29) is 12.4 Å². The number of rotatable bonds is 7. The zero-order valence-corrected chi connectivity index (χ0v) is 12.2. The second-order valence-electron chi connectivity index (χ2n) is 5.48. The van der Waals surface area contributed by atoms with Crippen LogP contribution in [0.3, 0.4) is 0 Å². The fourth-order valence-corrected chi connectivity index (χ4v) is 2.39. The topological polar surface area (TPSA) is 52.8 Å². The maximum absolute atomic E-state index is 11.7. The quantitative estimate of drug-likeness (QED) is 0.579. The molecule has 112 valence electrons. The molecule has 2 heterocycles. The van der Waals surface area contributed by atoms with Crippen molar-refractivity contribution in [2.45, 2.75) is 31.6 Å². The summed E-state index contributed by atoms with van der Waals surface area (Å²) in [5.74, 6) is 0.475. The molecule has 1 aliphatic rings. The molecule has 1 fully saturated rings. The molecule has 0 N–H and O–H groups in total. The number of carbonyl (C=O) groups excluding carboxylic acids is 1. The largest absolute Gasteiger partial charge is 0.465 e. The van der Waals surface area contributed by atoms with Gasteiger partial charge < -0.3 is 13.9 Å². The average molecular weight is 288 g/mol. The lowest BCUT2D eigenvalue weighted by atomic mass is 10.2. The lowest BCUT2D eigenvalue weighted by Crippen LogP contribution is -2.10. The number of imidazole rings is 1. The van der Waals surface area contributed by atoms with Crippen molar-refractivity contribution in [1.29, 1.82) is 0 Å². The SMILES string of the molecule is COCCCOC(=O)Cc1cn2cc(C3CC3)ccc2n1. The van der Waals surface area contributed by atoms with Crippen LogP contribution < -0.4 is 0 Å². The highest BCUT2D eigenvalue weighted by Gasteiger charge is 2.23. The van der Waals surface area contributed by atoms with E-state index in [0.717, 1.165) is 17.8 Å². The van der Waals surface area contributed by atoms with Gasteiger partial charge in [0, 0.05) is 32.5 Å². The Hall–Kier alpha value is -1.88. The van der Waals surface area contributed by atoms with E-state index in [1.807, 2.05) is 16.7 Å². The normalized spacial score (nSPS) is 14.5. The van der Waals surface area contributed by atoms with Crippen LogP contribution in [-0.4, -0.2) is 35.7 Å². The molecule has 0 atom stereocenters. The van der Waals surface area contributed by atoms with Gasteiger partial charge in [0.05, 0.1) is 18.7 Å². The van der Waals surface area contributed by atoms with Crippen LogP contribution in [0.5, 0.6) is 0 Å². The lowest BCUT2D eigenvalue weighted by molar-refractivity contribution is -0.143. The van der Waals surface area contributed by atoms with Crippen molar-refractivity contribution in [3.63, 3.8) is 0 Å². The van der Waals surface area contributed by atoms with Gasteiger partial charge in [-0.3, -0.25) is 4.79 Å². The maximum Gasteiger partial charge on any atom is 0.311 e. The fourth-order valence-electron chi connectivity index (χ4n) is 2.39. The molecule has 2 aromatic heterocycles. The van der Waals surface area contributed by atoms with Crippen LogP contribution in [-0.2, 0) is 20.7 Å². The summed E-state index contributed by atoms with van der Waals surface area (Å²) < 4.78 is 12.1. The second kappa shape index (κ2) is 6.26. The summed E-state index contributed by atoms with van der Waals surface area (Å²) in [5.41, 5.74) is 2.98. The Morgan fingerprint density at radius 1 is 1.33 bits per heavy atom. The minimum absolute atomic E-state index is 0.216. The minimum atomic E-state index is -0.239. The van der Waals surface area contributed by atoms with E-state index >= 15 is 0 Å². The zero-order valence-electron chi connectivity index (χ0n) is 12.2. The first-order valence-corrected chi connectivity index (χ1v) is 7.38. The Labute approximate surface area is 123 Å². The number of nitrogens with zero attached hydrogens (tertiary/aromatic N) is 2. The molecule has 1 aliphatic carbocycles. The van der Waals surface area contributed by atoms with E-state index in [1.54, 1.807) is 7.11 Å². The van der Waals surface area contributed by atoms with Crippen molar-refractivity contribution in [2.24, 2.45) is 0 Å². The van der Waals surface area contributed by atoms with Crippen molar-refractivity contribution >= 4 is 11.6 Å². The Morgan fingerprint density at radius 2 is 2.19 bits per heavy atom. The Balaban J connectivity index is 1.60. The van der Waals surface area contributed by atoms with Gasteiger partial charge in [0.15, 0.2) is 0 Å². The van der Waals surface area contributed by atoms with E-state index in [9.17, 15) is 4.79 Å². The first-order valence-electron chi connectivity index (χ1n) is 7.38. The van der Waals surface area contributed by atoms with E-state index in [2.05, 4.69) is 17.2 Å². The molecule has 0 aliphatic heterocycles. The van der Waals surface area contributed by atoms with E-state index < -0.39 is 0 Å². The van der Waals surface area contributed by atoms with Crippen molar-refractivity contribution in [3.8, 4) is 0 Å². The number of aromatic nitrogens is 2. The highest BCUT2D eigenvalue weighted by atomic mass is 16.5. The van der Waals surface area contributed by atoms with Crippen molar-refractivity contribution in [2.75, 3.05) is 20.3 Å². The Morgan fingerprint density at radius 3 is 2.95 bits per heavy atom. The molecule has 0 aromatic carbocycles. The third kappa shape index (κ3) is 3.61. The summed E-state index contributed by atoms with van der Waals surface area (Å²) in [6.45, 7) is 0.997. The van der Waals surface area contributed by atoms with E-state index in [0.29, 0.717) is 19.1 Å². The summed E-state index contributed by atoms with van der Waals surface area (Å²) in [4.78, 5) is 16.2. The van der Waals surface area contributed by atoms with Gasteiger partial charge in [-0.2, -0.15) is 0 Å². The van der Waals surface area contributed by atoms with Gasteiger partial charge >= 0.3 is 5.97 Å². The molecule has 21 heavy (non-hydrogen) atoms. The van der Waals surface area contributed by atoms with Gasteiger partial charge in [-0.05, 0) is 30.4 Å². The summed E-state index contributed by atoms with van der Waals surface area (Å²) in [7, 11) is 1.63. The van der Waals surface area contributed by atoms with Crippen LogP contribution in [0.25, 0.3) is 5.65 Å². The number of carbonyl (C=O) groups is 1. The molecule has 0 unspecified atom stereocenters. The van der Waals surface area contributed by atoms with Gasteiger partial charge in [0.25, 0.3) is 0 Å². The van der Waals surface area contributed by atoms with Crippen LogP contribution in [0.1, 0.15) is 36.4 Å². The average Bonchev–Trinajstić information content (AvgIpc) is 3.24. The second-order valence-corrected chi connectivity index (χ2v) is 5.48. The molecule has 0 spiro atoms. The first kappa shape index (κ1) is 14.1. The molecule has 0 amide bonds. The molecule has 5 heteroatoms. The molecular weight excluding hydrogens is 268 g/mol. The molecule has 5 nitrogen and oxygen atoms in total. The number of fused-ring (bicyclic) bond motifs is 1. The number of hydrogen-bond donors (Lipinski definition) is 0. The zero-order chi connectivity index (χ0) is 14.7. The van der Waals surface area contributed by atoms with Crippen molar-refractivity contribution in [3.05, 3.63) is 35.8 Å². The van der Waals surface area contributed by atoms with Crippen LogP contribution in [0.15, 0.2) is 24.5 Å². The summed E-state index contributed by atoms with van der Waals surface area (Å²) in [6.07, 6.45) is 7.53. The minimum Gasteiger partial charge on any atom is -0.465 e. The number of hydrogen-bond acceptors (Lipinski definition) is 4. The maximum atomic E-state index is 11.7. The van der Waals surface area contributed by atoms with Gasteiger partial charge in [0.2, 0.25) is 0 Å². The van der Waals surface area contributed by atoms with Gasteiger partial charge in [0.1, 0.15) is 5.65 Å². The van der Waals surface area contributed by atoms with Crippen LogP contribution in [0.4, 0.5) is 0 Å². The third-order valence-corrected chi connectivity index (χ3v) is 3.65. The van der Waals surface area contributed by atoms with Gasteiger partial charge in [-0.1, -0.05) is 6.07 Å². The van der Waals surface area contributed by atoms with Crippen LogP contribution in [0, 0.1) is 0 Å². The molecule has 1 saturated carbocycles. The summed E-state index contributed by atoms with van der Waals surface area (Å²) in [5, 5.41) is 0. The fraction of sp³-hybridized carbons (Fsp3) is 0.500. The van der Waals surface area contributed by atoms with Gasteiger partial charge in [-0.25, -0.2) is 4.98 Å². The highest BCUT2D eigenvalue weighted by Crippen LogP contribution is 2.39.